The molecule has 0 bridgehead atoms. The topological polar surface area (TPSA) is 41.9 Å². The van der Waals surface area contributed by atoms with Gasteiger partial charge in [0.05, 0.1) is 5.52 Å². The van der Waals surface area contributed by atoms with Gasteiger partial charge in [0.15, 0.2) is 5.11 Å². The van der Waals surface area contributed by atoms with E-state index in [0.717, 1.165) is 31.0 Å². The summed E-state index contributed by atoms with van der Waals surface area (Å²) in [5.74, 6) is 0. The monoisotopic (exact) mass is 388 g/mol. The first kappa shape index (κ1) is 18.4. The van der Waals surface area contributed by atoms with Crippen molar-refractivity contribution in [3.05, 3.63) is 77.5 Å². The molecule has 2 aromatic carbocycles. The third kappa shape index (κ3) is 3.71. The number of nitrogens with zero attached hydrogens (tertiary/aromatic N) is 2. The molecule has 0 radical (unpaired) electrons. The maximum atomic E-state index is 5.43. The van der Waals surface area contributed by atoms with Gasteiger partial charge in [-0.05, 0) is 49.3 Å². The Kier molecular flexibility index (Phi) is 5.26. The number of hydrogen-bond acceptors (Lipinski definition) is 2. The van der Waals surface area contributed by atoms with Gasteiger partial charge in [0.1, 0.15) is 5.65 Å². The van der Waals surface area contributed by atoms with Crippen molar-refractivity contribution in [3.63, 3.8) is 0 Å². The molecule has 0 aliphatic heterocycles. The van der Waals surface area contributed by atoms with Crippen LogP contribution in [-0.2, 0) is 13.1 Å². The molecule has 0 saturated heterocycles. The Bertz CT molecular complexity index is 1130. The summed E-state index contributed by atoms with van der Waals surface area (Å²) in [6.07, 6.45) is 0. The van der Waals surface area contributed by atoms with Gasteiger partial charge in [0.25, 0.3) is 0 Å². The largest absolute Gasteiger partial charge is 0.361 e. The van der Waals surface area contributed by atoms with E-state index in [1.807, 2.05) is 18.2 Å². The van der Waals surface area contributed by atoms with Gasteiger partial charge in [-0.3, -0.25) is 0 Å². The highest BCUT2D eigenvalue weighted by Gasteiger charge is 2.13. The van der Waals surface area contributed by atoms with Gasteiger partial charge < -0.3 is 15.2 Å². The number of hydrogen-bond donors (Lipinski definition) is 2. The second kappa shape index (κ2) is 7.98. The molecule has 4 rings (SSSR count). The molecule has 0 aliphatic carbocycles. The zero-order chi connectivity index (χ0) is 19.5. The molecule has 0 fully saturated rings. The minimum Gasteiger partial charge on any atom is -0.361 e. The van der Waals surface area contributed by atoms with Crippen molar-refractivity contribution in [2.24, 2.45) is 0 Å². The van der Waals surface area contributed by atoms with E-state index in [1.54, 1.807) is 0 Å². The number of nitrogens with one attached hydrogen (secondary N) is 2. The molecule has 0 aliphatic rings. The molecular formula is C23H24N4S. The van der Waals surface area contributed by atoms with Crippen molar-refractivity contribution in [1.29, 1.82) is 0 Å². The summed E-state index contributed by atoms with van der Waals surface area (Å²) < 4.78 is 2.29. The molecule has 0 spiro atoms. The minimum atomic E-state index is 0.671. The van der Waals surface area contributed by atoms with Crippen molar-refractivity contribution in [3.8, 4) is 0 Å². The van der Waals surface area contributed by atoms with Gasteiger partial charge in [0, 0.05) is 36.1 Å². The molecule has 142 valence electrons. The predicted molar refractivity (Wildman–Crippen MR) is 121 cm³/mol. The number of thiocarbonyl (C=S) groups is 1. The lowest BCUT2D eigenvalue weighted by Crippen LogP contribution is -2.36. The molecule has 5 heteroatoms. The maximum Gasteiger partial charge on any atom is 0.166 e. The summed E-state index contributed by atoms with van der Waals surface area (Å²) in [5.41, 5.74) is 5.78. The third-order valence-corrected chi connectivity index (χ3v) is 5.25. The average molecular weight is 389 g/mol. The molecule has 2 heterocycles. The first-order valence-electron chi connectivity index (χ1n) is 9.54. The SMILES string of the molecule is Cc1cc(C)c2c3ccccc3n(CCNC(=S)NCc3ccccc3)c2n1. The molecule has 0 amide bonds. The Balaban J connectivity index is 1.49. The Morgan fingerprint density at radius 2 is 1.75 bits per heavy atom. The second-order valence-electron chi connectivity index (χ2n) is 7.04. The van der Waals surface area contributed by atoms with Crippen LogP contribution in [0.4, 0.5) is 0 Å². The van der Waals surface area contributed by atoms with Crippen LogP contribution in [0.2, 0.25) is 0 Å². The molecule has 0 atom stereocenters. The van der Waals surface area contributed by atoms with Crippen LogP contribution in [0.15, 0.2) is 60.7 Å². The van der Waals surface area contributed by atoms with E-state index in [1.165, 1.54) is 27.4 Å². The van der Waals surface area contributed by atoms with Crippen molar-refractivity contribution in [2.45, 2.75) is 26.9 Å². The summed E-state index contributed by atoms with van der Waals surface area (Å²) in [6, 6.07) is 20.9. The van der Waals surface area contributed by atoms with Crippen LogP contribution < -0.4 is 10.6 Å². The number of pyridine rings is 1. The minimum absolute atomic E-state index is 0.671. The van der Waals surface area contributed by atoms with Crippen molar-refractivity contribution < 1.29 is 0 Å². The number of benzene rings is 2. The van der Waals surface area contributed by atoms with Gasteiger partial charge >= 0.3 is 0 Å². The van der Waals surface area contributed by atoms with Crippen LogP contribution >= 0.6 is 12.2 Å². The van der Waals surface area contributed by atoms with E-state index >= 15 is 0 Å². The standard InChI is InChI=1S/C23H24N4S/c1-16-14-17(2)26-22-21(16)19-10-6-7-11-20(19)27(22)13-12-24-23(28)25-15-18-8-4-3-5-9-18/h3-11,14H,12-13,15H2,1-2H3,(H2,24,25,28). The van der Waals surface area contributed by atoms with Crippen molar-refractivity contribution >= 4 is 39.3 Å². The highest BCUT2D eigenvalue weighted by molar-refractivity contribution is 7.80. The lowest BCUT2D eigenvalue weighted by molar-refractivity contribution is 0.698. The molecule has 28 heavy (non-hydrogen) atoms. The summed E-state index contributed by atoms with van der Waals surface area (Å²) in [4.78, 5) is 4.83. The van der Waals surface area contributed by atoms with Crippen LogP contribution in [0, 0.1) is 13.8 Å². The summed E-state index contributed by atoms with van der Waals surface area (Å²) >= 11 is 5.43. The summed E-state index contributed by atoms with van der Waals surface area (Å²) in [5, 5.41) is 9.76. The van der Waals surface area contributed by atoms with E-state index in [4.69, 9.17) is 17.2 Å². The van der Waals surface area contributed by atoms with Gasteiger partial charge in [-0.15, -0.1) is 0 Å². The smallest absolute Gasteiger partial charge is 0.166 e. The highest BCUT2D eigenvalue weighted by atomic mass is 32.1. The Labute approximate surface area is 170 Å². The fraction of sp³-hybridized carbons (Fsp3) is 0.217. The van der Waals surface area contributed by atoms with E-state index in [0.29, 0.717) is 5.11 Å². The van der Waals surface area contributed by atoms with Crippen LogP contribution in [-0.4, -0.2) is 21.2 Å². The fourth-order valence-corrected chi connectivity index (χ4v) is 3.90. The van der Waals surface area contributed by atoms with Crippen LogP contribution in [0.1, 0.15) is 16.8 Å². The first-order valence-corrected chi connectivity index (χ1v) is 9.95. The van der Waals surface area contributed by atoms with E-state index in [-0.39, 0.29) is 0 Å². The van der Waals surface area contributed by atoms with Crippen LogP contribution in [0.25, 0.3) is 21.9 Å². The predicted octanol–water partition coefficient (Wildman–Crippen LogP) is 4.47. The van der Waals surface area contributed by atoms with Crippen LogP contribution in [0.5, 0.6) is 0 Å². The molecule has 0 unspecified atom stereocenters. The number of para-hydroxylation sites is 1. The van der Waals surface area contributed by atoms with Gasteiger partial charge in [0.2, 0.25) is 0 Å². The van der Waals surface area contributed by atoms with Gasteiger partial charge in [-0.2, -0.15) is 0 Å². The van der Waals surface area contributed by atoms with Crippen molar-refractivity contribution in [2.75, 3.05) is 6.54 Å². The number of fused-ring (bicyclic) bond motifs is 3. The average Bonchev–Trinajstić information content (AvgIpc) is 3.01. The Morgan fingerprint density at radius 3 is 2.57 bits per heavy atom. The van der Waals surface area contributed by atoms with E-state index in [2.05, 4.69) is 71.5 Å². The normalized spacial score (nSPS) is 11.1. The van der Waals surface area contributed by atoms with E-state index in [9.17, 15) is 0 Å². The summed E-state index contributed by atoms with van der Waals surface area (Å²) in [6.45, 7) is 6.47. The lowest BCUT2D eigenvalue weighted by atomic mass is 10.1. The maximum absolute atomic E-state index is 5.43. The number of rotatable bonds is 5. The second-order valence-corrected chi connectivity index (χ2v) is 7.45. The van der Waals surface area contributed by atoms with Gasteiger partial charge in [-0.25, -0.2) is 4.98 Å². The Hall–Kier alpha value is -2.92. The molecule has 4 aromatic rings. The zero-order valence-electron chi connectivity index (χ0n) is 16.2. The number of aromatic nitrogens is 2. The first-order chi connectivity index (χ1) is 13.6. The molecule has 2 N–H and O–H groups in total. The number of aryl methyl sites for hydroxylation is 2. The zero-order valence-corrected chi connectivity index (χ0v) is 17.0. The summed E-state index contributed by atoms with van der Waals surface area (Å²) in [7, 11) is 0. The lowest BCUT2D eigenvalue weighted by Gasteiger charge is -2.12. The fourth-order valence-electron chi connectivity index (χ4n) is 3.73. The quantitative estimate of drug-likeness (QED) is 0.495. The third-order valence-electron chi connectivity index (χ3n) is 4.96. The molecule has 0 saturated carbocycles. The Morgan fingerprint density at radius 1 is 1.00 bits per heavy atom. The van der Waals surface area contributed by atoms with E-state index < -0.39 is 0 Å². The van der Waals surface area contributed by atoms with Crippen LogP contribution in [0.3, 0.4) is 0 Å². The van der Waals surface area contributed by atoms with Crippen molar-refractivity contribution in [1.82, 2.24) is 20.2 Å². The molecular weight excluding hydrogens is 364 g/mol. The molecule has 4 nitrogen and oxygen atoms in total. The highest BCUT2D eigenvalue weighted by Crippen LogP contribution is 2.30. The van der Waals surface area contributed by atoms with Gasteiger partial charge in [-0.1, -0.05) is 48.5 Å². The molecule has 2 aromatic heterocycles.